The van der Waals surface area contributed by atoms with Crippen LogP contribution in [0.5, 0.6) is 0 Å². The third-order valence-corrected chi connectivity index (χ3v) is 2.37. The molecule has 1 atom stereocenters. The average Bonchev–Trinajstić information content (AvgIpc) is 2.37. The number of aliphatic imine (C=N–C) groups is 1. The maximum atomic E-state index is 11.9. The molecule has 0 heterocycles. The molecular weight excluding hydrogens is 306 g/mol. The Labute approximate surface area is 134 Å². The lowest BCUT2D eigenvalue weighted by Gasteiger charge is -2.23. The Morgan fingerprint density at radius 3 is 2.35 bits per heavy atom. The molecule has 0 rings (SSSR count). The summed E-state index contributed by atoms with van der Waals surface area (Å²) >= 11 is 0. The first-order chi connectivity index (χ1) is 10.5. The van der Waals surface area contributed by atoms with Crippen molar-refractivity contribution in [3.8, 4) is 0 Å². The van der Waals surface area contributed by atoms with Gasteiger partial charge >= 0.3 is 12.1 Å². The van der Waals surface area contributed by atoms with Crippen LogP contribution in [0, 0.1) is 0 Å². The highest BCUT2D eigenvalue weighted by molar-refractivity contribution is 5.88. The molecule has 0 radical (unpaired) electrons. The van der Waals surface area contributed by atoms with E-state index in [1.165, 1.54) is 0 Å². The molecule has 0 aromatic heterocycles. The van der Waals surface area contributed by atoms with Crippen molar-refractivity contribution < 1.29 is 24.2 Å². The number of alkyl carbamates (subject to hydrolysis) is 1. The molecule has 10 nitrogen and oxygen atoms in total. The summed E-state index contributed by atoms with van der Waals surface area (Å²) in [6.45, 7) is 4.79. The number of ether oxygens (including phenoxy) is 1. The number of nitrogens with one attached hydrogen (secondary N) is 2. The van der Waals surface area contributed by atoms with Gasteiger partial charge in [0.2, 0.25) is 5.91 Å². The Kier molecular flexibility index (Phi) is 8.45. The van der Waals surface area contributed by atoms with E-state index in [1.807, 2.05) is 0 Å². The Morgan fingerprint density at radius 2 is 1.87 bits per heavy atom. The zero-order valence-electron chi connectivity index (χ0n) is 13.6. The van der Waals surface area contributed by atoms with Gasteiger partial charge in [0.1, 0.15) is 18.2 Å². The molecule has 0 aliphatic carbocycles. The van der Waals surface area contributed by atoms with Crippen LogP contribution >= 0.6 is 0 Å². The van der Waals surface area contributed by atoms with Crippen molar-refractivity contribution >= 4 is 23.9 Å². The van der Waals surface area contributed by atoms with Crippen molar-refractivity contribution in [1.82, 2.24) is 10.6 Å². The topological polar surface area (TPSA) is 169 Å². The normalized spacial score (nSPS) is 12.0. The van der Waals surface area contributed by atoms with Crippen molar-refractivity contribution in [3.63, 3.8) is 0 Å². The lowest BCUT2D eigenvalue weighted by atomic mass is 10.1. The molecule has 0 aromatic rings. The highest BCUT2D eigenvalue weighted by Gasteiger charge is 2.24. The summed E-state index contributed by atoms with van der Waals surface area (Å²) in [6, 6.07) is -0.946. The fourth-order valence-electron chi connectivity index (χ4n) is 1.51. The van der Waals surface area contributed by atoms with E-state index in [4.69, 9.17) is 21.3 Å². The lowest BCUT2D eigenvalue weighted by Crippen LogP contribution is -2.49. The minimum atomic E-state index is -1.19. The number of hydrogen-bond acceptors (Lipinski definition) is 5. The van der Waals surface area contributed by atoms with E-state index in [9.17, 15) is 14.4 Å². The van der Waals surface area contributed by atoms with Gasteiger partial charge < -0.3 is 31.9 Å². The number of guanidine groups is 1. The van der Waals surface area contributed by atoms with Crippen LogP contribution in [0.15, 0.2) is 4.99 Å². The second kappa shape index (κ2) is 9.49. The average molecular weight is 331 g/mol. The molecule has 0 fully saturated rings. The number of nitrogens with two attached hydrogens (primary N) is 2. The summed E-state index contributed by atoms with van der Waals surface area (Å²) in [7, 11) is 0. The molecule has 7 N–H and O–H groups in total. The van der Waals surface area contributed by atoms with E-state index in [1.54, 1.807) is 20.8 Å². The van der Waals surface area contributed by atoms with Gasteiger partial charge in [0.15, 0.2) is 5.96 Å². The lowest BCUT2D eigenvalue weighted by molar-refractivity contribution is -0.138. The summed E-state index contributed by atoms with van der Waals surface area (Å²) in [6.07, 6.45) is -0.129. The SMILES string of the molecule is CC(C)(C)OC(=O)N[C@H](CCCN=C(N)N)C(=O)NCC(=O)O. The summed E-state index contributed by atoms with van der Waals surface area (Å²) in [5, 5.41) is 13.2. The minimum absolute atomic E-state index is 0.0722. The van der Waals surface area contributed by atoms with Crippen LogP contribution in [0.1, 0.15) is 33.6 Å². The van der Waals surface area contributed by atoms with Gasteiger partial charge in [-0.1, -0.05) is 0 Å². The Balaban J connectivity index is 4.64. The number of carbonyl (C=O) groups is 3. The van der Waals surface area contributed by atoms with Crippen molar-refractivity contribution in [2.24, 2.45) is 16.5 Å². The first-order valence-corrected chi connectivity index (χ1v) is 7.05. The summed E-state index contributed by atoms with van der Waals surface area (Å²) in [5.74, 6) is -1.88. The van der Waals surface area contributed by atoms with Crippen LogP contribution < -0.4 is 22.1 Å². The Hall–Kier alpha value is -2.52. The van der Waals surface area contributed by atoms with E-state index >= 15 is 0 Å². The maximum Gasteiger partial charge on any atom is 0.408 e. The molecule has 0 aliphatic rings. The quantitative estimate of drug-likeness (QED) is 0.219. The summed E-state index contributed by atoms with van der Waals surface area (Å²) in [5.41, 5.74) is 9.67. The monoisotopic (exact) mass is 331 g/mol. The van der Waals surface area contributed by atoms with Gasteiger partial charge in [-0.3, -0.25) is 14.6 Å². The molecule has 23 heavy (non-hydrogen) atoms. The minimum Gasteiger partial charge on any atom is -0.480 e. The Morgan fingerprint density at radius 1 is 1.26 bits per heavy atom. The smallest absolute Gasteiger partial charge is 0.408 e. The van der Waals surface area contributed by atoms with Crippen LogP contribution in [0.2, 0.25) is 0 Å². The van der Waals surface area contributed by atoms with Crippen molar-refractivity contribution in [1.29, 1.82) is 0 Å². The van der Waals surface area contributed by atoms with Gasteiger partial charge in [0, 0.05) is 6.54 Å². The molecule has 0 saturated carbocycles. The van der Waals surface area contributed by atoms with Crippen molar-refractivity contribution in [2.45, 2.75) is 45.3 Å². The summed E-state index contributed by atoms with van der Waals surface area (Å²) in [4.78, 5) is 38.0. The number of rotatable bonds is 8. The third kappa shape index (κ3) is 11.8. The van der Waals surface area contributed by atoms with Crippen LogP contribution in [0.4, 0.5) is 4.79 Å². The van der Waals surface area contributed by atoms with E-state index in [0.717, 1.165) is 0 Å². The molecule has 132 valence electrons. The first-order valence-electron chi connectivity index (χ1n) is 7.05. The van der Waals surface area contributed by atoms with Gasteiger partial charge in [-0.2, -0.15) is 0 Å². The zero-order chi connectivity index (χ0) is 18.0. The van der Waals surface area contributed by atoms with E-state index < -0.39 is 36.2 Å². The molecule has 0 aromatic carbocycles. The van der Waals surface area contributed by atoms with Crippen LogP contribution in [0.3, 0.4) is 0 Å². The van der Waals surface area contributed by atoms with Crippen LogP contribution in [-0.4, -0.2) is 53.8 Å². The van der Waals surface area contributed by atoms with Crippen molar-refractivity contribution in [3.05, 3.63) is 0 Å². The zero-order valence-corrected chi connectivity index (χ0v) is 13.6. The number of nitrogens with zero attached hydrogens (tertiary/aromatic N) is 1. The third-order valence-electron chi connectivity index (χ3n) is 2.37. The summed E-state index contributed by atoms with van der Waals surface area (Å²) < 4.78 is 5.07. The van der Waals surface area contributed by atoms with E-state index in [0.29, 0.717) is 6.42 Å². The highest BCUT2D eigenvalue weighted by Crippen LogP contribution is 2.08. The van der Waals surface area contributed by atoms with Crippen LogP contribution in [-0.2, 0) is 14.3 Å². The van der Waals surface area contributed by atoms with Crippen LogP contribution in [0.25, 0.3) is 0 Å². The molecule has 0 spiro atoms. The fourth-order valence-corrected chi connectivity index (χ4v) is 1.51. The molecule has 10 heteroatoms. The van der Waals surface area contributed by atoms with Gasteiger partial charge in [-0.05, 0) is 33.6 Å². The molecule has 0 aliphatic heterocycles. The van der Waals surface area contributed by atoms with E-state index in [-0.39, 0.29) is 18.9 Å². The standard InChI is InChI=1S/C13H25N5O5/c1-13(2,3)23-12(22)18-8(5-4-6-16-11(14)15)10(21)17-7-9(19)20/h8H,4-7H2,1-3H3,(H,17,21)(H,18,22)(H,19,20)(H4,14,15,16)/t8-/m1/s1. The molecule has 0 bridgehead atoms. The molecular formula is C13H25N5O5. The fraction of sp³-hybridized carbons (Fsp3) is 0.692. The van der Waals surface area contributed by atoms with Gasteiger partial charge in [0.25, 0.3) is 0 Å². The van der Waals surface area contributed by atoms with E-state index in [2.05, 4.69) is 15.6 Å². The first kappa shape index (κ1) is 20.5. The molecule has 0 saturated heterocycles. The van der Waals surface area contributed by atoms with Gasteiger partial charge in [0.05, 0.1) is 0 Å². The predicted molar refractivity (Wildman–Crippen MR) is 83.7 cm³/mol. The maximum absolute atomic E-state index is 11.9. The molecule has 0 unspecified atom stereocenters. The highest BCUT2D eigenvalue weighted by atomic mass is 16.6. The van der Waals surface area contributed by atoms with Gasteiger partial charge in [-0.25, -0.2) is 4.79 Å². The predicted octanol–water partition coefficient (Wildman–Crippen LogP) is -0.866. The number of carboxylic acids is 1. The number of carbonyl (C=O) groups excluding carboxylic acids is 2. The molecule has 2 amide bonds. The largest absolute Gasteiger partial charge is 0.480 e. The Bertz CT molecular complexity index is 454. The number of aliphatic carboxylic acids is 1. The second-order valence-corrected chi connectivity index (χ2v) is 5.76. The van der Waals surface area contributed by atoms with Gasteiger partial charge in [-0.15, -0.1) is 0 Å². The number of carboxylic acid groups (broad SMARTS) is 1. The number of hydrogen-bond donors (Lipinski definition) is 5. The van der Waals surface area contributed by atoms with Crippen molar-refractivity contribution in [2.75, 3.05) is 13.1 Å². The number of amides is 2. The second-order valence-electron chi connectivity index (χ2n) is 5.76.